The third kappa shape index (κ3) is 2.10. The van der Waals surface area contributed by atoms with Crippen molar-refractivity contribution in [1.29, 1.82) is 0 Å². The number of hydrogen-bond donors (Lipinski definition) is 0. The summed E-state index contributed by atoms with van der Waals surface area (Å²) in [5, 5.41) is 7.98. The number of ether oxygens (including phenoxy) is 1. The predicted molar refractivity (Wildman–Crippen MR) is 59.7 cm³/mol. The Bertz CT molecular complexity index is 414. The van der Waals surface area contributed by atoms with Crippen molar-refractivity contribution in [2.24, 2.45) is 10.2 Å². The highest BCUT2D eigenvalue weighted by Crippen LogP contribution is 2.39. The van der Waals surface area contributed by atoms with E-state index in [4.69, 9.17) is 4.74 Å². The Morgan fingerprint density at radius 1 is 0.941 bits per heavy atom. The van der Waals surface area contributed by atoms with Gasteiger partial charge in [0.2, 0.25) is 0 Å². The van der Waals surface area contributed by atoms with Gasteiger partial charge < -0.3 is 4.74 Å². The van der Waals surface area contributed by atoms with Gasteiger partial charge in [-0.2, -0.15) is 27.3 Å². The molecule has 0 saturated carbocycles. The Kier molecular flexibility index (Phi) is 2.69. The minimum Gasteiger partial charge on any atom is -0.379 e. The summed E-state index contributed by atoms with van der Waals surface area (Å²) < 4.78 is 32.8. The summed E-state index contributed by atoms with van der Waals surface area (Å²) in [5.74, 6) is 0. The van der Waals surface area contributed by atoms with E-state index in [-0.39, 0.29) is 5.66 Å². The van der Waals surface area contributed by atoms with Gasteiger partial charge in [0, 0.05) is 39.0 Å². The van der Waals surface area contributed by atoms with Gasteiger partial charge in [-0.1, -0.05) is 0 Å². The molecule has 1 spiro atoms. The first-order valence-corrected chi connectivity index (χ1v) is 7.29. The maximum atomic E-state index is 12.3. The van der Waals surface area contributed by atoms with Gasteiger partial charge in [0.05, 0.1) is 13.2 Å². The maximum Gasteiger partial charge on any atom is 0.282 e. The van der Waals surface area contributed by atoms with E-state index in [1.54, 1.807) is 4.31 Å². The van der Waals surface area contributed by atoms with Crippen LogP contribution >= 0.6 is 0 Å². The Morgan fingerprint density at radius 2 is 1.47 bits per heavy atom. The van der Waals surface area contributed by atoms with E-state index in [0.29, 0.717) is 39.4 Å². The average molecular weight is 260 g/mol. The summed E-state index contributed by atoms with van der Waals surface area (Å²) in [7, 11) is -3.30. The number of rotatable bonds is 2. The molecule has 0 aliphatic carbocycles. The molecule has 2 saturated heterocycles. The van der Waals surface area contributed by atoms with Gasteiger partial charge in [-0.15, -0.1) is 0 Å². The zero-order valence-corrected chi connectivity index (χ0v) is 10.4. The number of piperidine rings is 1. The van der Waals surface area contributed by atoms with Crippen molar-refractivity contribution in [2.75, 3.05) is 39.4 Å². The molecule has 3 aliphatic heterocycles. The normalized spacial score (nSPS) is 29.6. The van der Waals surface area contributed by atoms with Crippen molar-refractivity contribution in [2.45, 2.75) is 18.5 Å². The van der Waals surface area contributed by atoms with Gasteiger partial charge in [-0.25, -0.2) is 0 Å². The summed E-state index contributed by atoms with van der Waals surface area (Å²) in [6.07, 6.45) is 1.44. The van der Waals surface area contributed by atoms with E-state index in [2.05, 4.69) is 10.2 Å². The molecule has 3 rings (SSSR count). The van der Waals surface area contributed by atoms with Gasteiger partial charge in [-0.3, -0.25) is 0 Å². The summed E-state index contributed by atoms with van der Waals surface area (Å²) >= 11 is 0. The lowest BCUT2D eigenvalue weighted by Crippen LogP contribution is -2.51. The Balaban J connectivity index is 1.65. The molecule has 0 radical (unpaired) electrons. The molecule has 3 aliphatic rings. The van der Waals surface area contributed by atoms with Crippen LogP contribution in [0.5, 0.6) is 0 Å². The monoisotopic (exact) mass is 260 g/mol. The van der Waals surface area contributed by atoms with E-state index in [1.165, 1.54) is 4.31 Å². The number of morpholine rings is 1. The van der Waals surface area contributed by atoms with Crippen molar-refractivity contribution in [3.05, 3.63) is 0 Å². The van der Waals surface area contributed by atoms with E-state index in [1.807, 2.05) is 0 Å². The topological polar surface area (TPSA) is 74.6 Å². The van der Waals surface area contributed by atoms with Crippen LogP contribution in [0.4, 0.5) is 0 Å². The first-order chi connectivity index (χ1) is 8.12. The molecule has 0 aromatic carbocycles. The van der Waals surface area contributed by atoms with E-state index in [0.717, 1.165) is 12.8 Å². The number of nitrogens with zero attached hydrogens (tertiary/aromatic N) is 4. The van der Waals surface area contributed by atoms with Crippen molar-refractivity contribution in [3.8, 4) is 0 Å². The molecule has 3 heterocycles. The standard InChI is InChI=1S/C9H16N4O3S/c14-17(15,13-5-7-16-8-6-13)12-3-1-9(2-4-12)10-11-9/h1-8H2. The largest absolute Gasteiger partial charge is 0.379 e. The highest BCUT2D eigenvalue weighted by atomic mass is 32.2. The highest BCUT2D eigenvalue weighted by Gasteiger charge is 2.46. The average Bonchev–Trinajstić information content (AvgIpc) is 3.10. The van der Waals surface area contributed by atoms with Crippen LogP contribution in [0.2, 0.25) is 0 Å². The Labute approximate surface area is 101 Å². The molecular formula is C9H16N4O3S. The molecule has 0 bridgehead atoms. The first kappa shape index (κ1) is 11.5. The van der Waals surface area contributed by atoms with Gasteiger partial charge in [0.25, 0.3) is 10.2 Å². The summed E-state index contributed by atoms with van der Waals surface area (Å²) in [5.41, 5.74) is -0.225. The second-order valence-corrected chi connectivity index (χ2v) is 6.53. The molecule has 0 N–H and O–H groups in total. The molecule has 0 aromatic heterocycles. The summed E-state index contributed by atoms with van der Waals surface area (Å²) in [6, 6.07) is 0. The molecule has 2 fully saturated rings. The second-order valence-electron chi connectivity index (χ2n) is 4.60. The highest BCUT2D eigenvalue weighted by molar-refractivity contribution is 7.86. The predicted octanol–water partition coefficient (Wildman–Crippen LogP) is -0.179. The zero-order chi connectivity index (χ0) is 11.9. The third-order valence-corrected chi connectivity index (χ3v) is 5.56. The van der Waals surface area contributed by atoms with Crippen molar-refractivity contribution in [3.63, 3.8) is 0 Å². The maximum absolute atomic E-state index is 12.3. The molecule has 17 heavy (non-hydrogen) atoms. The van der Waals surface area contributed by atoms with Crippen LogP contribution in [0.15, 0.2) is 10.2 Å². The SMILES string of the molecule is O=S(=O)(N1CCOCC1)N1CCC2(CC1)N=N2. The lowest BCUT2D eigenvalue weighted by Gasteiger charge is -2.34. The molecule has 8 heteroatoms. The molecule has 0 atom stereocenters. The van der Waals surface area contributed by atoms with Gasteiger partial charge in [-0.05, 0) is 0 Å². The zero-order valence-electron chi connectivity index (χ0n) is 9.58. The quantitative estimate of drug-likeness (QED) is 0.691. The van der Waals surface area contributed by atoms with Crippen molar-refractivity contribution < 1.29 is 13.2 Å². The first-order valence-electron chi connectivity index (χ1n) is 5.90. The van der Waals surface area contributed by atoms with Gasteiger partial charge in [0.15, 0.2) is 5.66 Å². The van der Waals surface area contributed by atoms with Crippen LogP contribution in [0.3, 0.4) is 0 Å². The fraction of sp³-hybridized carbons (Fsp3) is 1.00. The summed E-state index contributed by atoms with van der Waals surface area (Å²) in [4.78, 5) is 0. The van der Waals surface area contributed by atoms with Crippen LogP contribution in [-0.4, -0.2) is 62.1 Å². The molecule has 0 aromatic rings. The minimum atomic E-state index is -3.30. The Morgan fingerprint density at radius 3 is 2.00 bits per heavy atom. The fourth-order valence-corrected chi connectivity index (χ4v) is 3.87. The molecule has 7 nitrogen and oxygen atoms in total. The van der Waals surface area contributed by atoms with Crippen LogP contribution < -0.4 is 0 Å². The van der Waals surface area contributed by atoms with E-state index in [9.17, 15) is 8.42 Å². The van der Waals surface area contributed by atoms with Crippen LogP contribution in [0.25, 0.3) is 0 Å². The minimum absolute atomic E-state index is 0.225. The van der Waals surface area contributed by atoms with E-state index >= 15 is 0 Å². The molecule has 0 amide bonds. The fourth-order valence-electron chi connectivity index (χ4n) is 2.29. The second kappa shape index (κ2) is 3.98. The van der Waals surface area contributed by atoms with Crippen LogP contribution in [-0.2, 0) is 14.9 Å². The third-order valence-electron chi connectivity index (χ3n) is 3.53. The Hall–Kier alpha value is -0.570. The van der Waals surface area contributed by atoms with Crippen molar-refractivity contribution in [1.82, 2.24) is 8.61 Å². The smallest absolute Gasteiger partial charge is 0.282 e. The van der Waals surface area contributed by atoms with Gasteiger partial charge >= 0.3 is 0 Å². The molecular weight excluding hydrogens is 244 g/mol. The molecule has 0 unspecified atom stereocenters. The summed E-state index contributed by atoms with van der Waals surface area (Å²) in [6.45, 7) is 2.93. The lowest BCUT2D eigenvalue weighted by atomic mass is 10.0. The van der Waals surface area contributed by atoms with Crippen LogP contribution in [0, 0.1) is 0 Å². The van der Waals surface area contributed by atoms with Gasteiger partial charge in [0.1, 0.15) is 0 Å². The lowest BCUT2D eigenvalue weighted by molar-refractivity contribution is 0.0694. The van der Waals surface area contributed by atoms with E-state index < -0.39 is 10.2 Å². The molecule has 96 valence electrons. The number of hydrogen-bond acceptors (Lipinski definition) is 5. The van der Waals surface area contributed by atoms with Crippen molar-refractivity contribution >= 4 is 10.2 Å². The van der Waals surface area contributed by atoms with Crippen LogP contribution in [0.1, 0.15) is 12.8 Å².